The van der Waals surface area contributed by atoms with E-state index in [9.17, 15) is 0 Å². The molecule has 0 saturated heterocycles. The summed E-state index contributed by atoms with van der Waals surface area (Å²) in [5.74, 6) is 8.58. The predicted octanol–water partition coefficient (Wildman–Crippen LogP) is 1.42. The lowest BCUT2D eigenvalue weighted by Crippen LogP contribution is -1.98. The van der Waals surface area contributed by atoms with Crippen LogP contribution >= 0.6 is 0 Å². The second-order valence-electron chi connectivity index (χ2n) is 2.14. The molecule has 2 nitrogen and oxygen atoms in total. The molecule has 0 spiro atoms. The quantitative estimate of drug-likeness (QED) is 0.510. The van der Waals surface area contributed by atoms with Gasteiger partial charge in [0.05, 0.1) is 6.61 Å². The van der Waals surface area contributed by atoms with Gasteiger partial charge in [0, 0.05) is 5.90 Å². The van der Waals surface area contributed by atoms with Crippen LogP contribution in [0.5, 0.6) is 0 Å². The molecule has 8 heavy (non-hydrogen) atoms. The summed E-state index contributed by atoms with van der Waals surface area (Å²) in [6.45, 7) is 4.73. The van der Waals surface area contributed by atoms with E-state index in [-0.39, 0.29) is 0 Å². The summed E-state index contributed by atoms with van der Waals surface area (Å²) in [5.41, 5.74) is 0. The molecule has 0 aliphatic carbocycles. The topological polar surface area (TPSA) is 31.5 Å². The van der Waals surface area contributed by atoms with Crippen molar-refractivity contribution < 1.29 is 4.84 Å². The van der Waals surface area contributed by atoms with Gasteiger partial charge >= 0.3 is 0 Å². The summed E-state index contributed by atoms with van der Waals surface area (Å²) >= 11 is 0. The fourth-order valence-corrected chi connectivity index (χ4v) is 0.458. The predicted molar refractivity (Wildman–Crippen MR) is 32.2 cm³/mol. The van der Waals surface area contributed by atoms with Crippen molar-refractivity contribution in [1.29, 1.82) is 0 Å². The van der Waals surface area contributed by atoms with E-state index in [0.717, 1.165) is 12.8 Å². The van der Waals surface area contributed by atoms with Crippen LogP contribution in [0.25, 0.3) is 0 Å². The standard InChI is InChI=1S/C6H13NO/c1-3-6(2)4-5-8-7/h6H,3-5H2,1-2H3. The summed E-state index contributed by atoms with van der Waals surface area (Å²) in [7, 11) is 0. The highest BCUT2D eigenvalue weighted by Crippen LogP contribution is 2.04. The van der Waals surface area contributed by atoms with Gasteiger partial charge in [-0.1, -0.05) is 20.3 Å². The van der Waals surface area contributed by atoms with E-state index in [0.29, 0.717) is 12.5 Å². The van der Waals surface area contributed by atoms with Crippen molar-refractivity contribution in [2.45, 2.75) is 26.7 Å². The third kappa shape index (κ3) is 4.09. The van der Waals surface area contributed by atoms with E-state index in [1.54, 1.807) is 0 Å². The van der Waals surface area contributed by atoms with Crippen LogP contribution in [0.3, 0.4) is 0 Å². The number of nitrogens with zero attached hydrogens (tertiary/aromatic N) is 1. The molecule has 0 aromatic carbocycles. The van der Waals surface area contributed by atoms with Crippen molar-refractivity contribution in [3.63, 3.8) is 0 Å². The van der Waals surface area contributed by atoms with E-state index in [1.807, 2.05) is 0 Å². The zero-order chi connectivity index (χ0) is 6.41. The summed E-state index contributed by atoms with van der Waals surface area (Å²) in [4.78, 5) is 3.91. The molecule has 0 aromatic rings. The van der Waals surface area contributed by atoms with E-state index in [4.69, 9.17) is 5.90 Å². The Labute approximate surface area is 51.0 Å². The molecule has 0 rings (SSSR count). The Morgan fingerprint density at radius 2 is 2.25 bits per heavy atom. The number of hydrogen-bond donors (Lipinski definition) is 0. The minimum atomic E-state index is 0.467. The molecule has 0 aliphatic rings. The zero-order valence-electron chi connectivity index (χ0n) is 5.55. The Bertz CT molecular complexity index is 47.8. The van der Waals surface area contributed by atoms with Crippen LogP contribution in [0, 0.1) is 5.92 Å². The maximum Gasteiger partial charge on any atom is 0.0722 e. The first-order valence-corrected chi connectivity index (χ1v) is 3.07. The highest BCUT2D eigenvalue weighted by atomic mass is 16.6. The van der Waals surface area contributed by atoms with Gasteiger partial charge in [-0.25, -0.2) is 0 Å². The van der Waals surface area contributed by atoms with Gasteiger partial charge < -0.3 is 0 Å². The Morgan fingerprint density at radius 1 is 1.62 bits per heavy atom. The lowest BCUT2D eigenvalue weighted by atomic mass is 10.1. The van der Waals surface area contributed by atoms with Gasteiger partial charge in [-0.3, -0.25) is 4.84 Å². The highest BCUT2D eigenvalue weighted by Gasteiger charge is 1.95. The minimum absolute atomic E-state index is 0.467. The third-order valence-electron chi connectivity index (χ3n) is 1.40. The van der Waals surface area contributed by atoms with Crippen molar-refractivity contribution >= 4 is 0 Å². The Hall–Kier alpha value is -0.0800. The molecule has 0 fully saturated rings. The molecule has 0 saturated carbocycles. The molecule has 2 heteroatoms. The largest absolute Gasteiger partial charge is 0.264 e. The Morgan fingerprint density at radius 3 is 2.62 bits per heavy atom. The fourth-order valence-electron chi connectivity index (χ4n) is 0.458. The maximum absolute atomic E-state index is 7.91. The van der Waals surface area contributed by atoms with Gasteiger partial charge in [-0.2, -0.15) is 0 Å². The van der Waals surface area contributed by atoms with Crippen LogP contribution < -0.4 is 5.90 Å². The van der Waals surface area contributed by atoms with Gasteiger partial charge in [-0.05, 0) is 12.3 Å². The second kappa shape index (κ2) is 5.06. The maximum atomic E-state index is 7.91. The first-order chi connectivity index (χ1) is 3.81. The van der Waals surface area contributed by atoms with Crippen LogP contribution in [0.2, 0.25) is 0 Å². The van der Waals surface area contributed by atoms with Crippen molar-refractivity contribution in [3.05, 3.63) is 0 Å². The van der Waals surface area contributed by atoms with Gasteiger partial charge in [-0.15, -0.1) is 0 Å². The summed E-state index contributed by atoms with van der Waals surface area (Å²) < 4.78 is 0. The molecule has 1 atom stereocenters. The first kappa shape index (κ1) is 7.92. The molecule has 0 amide bonds. The van der Waals surface area contributed by atoms with Crippen molar-refractivity contribution in [2.75, 3.05) is 6.61 Å². The third-order valence-corrected chi connectivity index (χ3v) is 1.40. The Balaban J connectivity index is 2.86. The lowest BCUT2D eigenvalue weighted by Gasteiger charge is -2.03. The summed E-state index contributed by atoms with van der Waals surface area (Å²) in [6, 6.07) is 0. The fraction of sp³-hybridized carbons (Fsp3) is 1.00. The van der Waals surface area contributed by atoms with Crippen molar-refractivity contribution in [3.8, 4) is 0 Å². The molecule has 0 bridgehead atoms. The molecule has 0 N–H and O–H groups in total. The molecule has 2 radical (unpaired) electrons. The average Bonchev–Trinajstić information content (AvgIpc) is 1.83. The zero-order valence-corrected chi connectivity index (χ0v) is 5.55. The van der Waals surface area contributed by atoms with Crippen LogP contribution in [-0.4, -0.2) is 6.61 Å². The molecule has 1 unspecified atom stereocenters. The summed E-state index contributed by atoms with van der Waals surface area (Å²) in [6.07, 6.45) is 2.11. The highest BCUT2D eigenvalue weighted by molar-refractivity contribution is 4.46. The van der Waals surface area contributed by atoms with Crippen LogP contribution in [0.15, 0.2) is 0 Å². The average molecular weight is 115 g/mol. The molecular formula is C6H13NO. The normalized spacial score (nSPS) is 13.9. The lowest BCUT2D eigenvalue weighted by molar-refractivity contribution is 0.106. The van der Waals surface area contributed by atoms with Crippen molar-refractivity contribution in [1.82, 2.24) is 5.90 Å². The number of rotatable bonds is 4. The van der Waals surface area contributed by atoms with E-state index in [2.05, 4.69) is 18.7 Å². The van der Waals surface area contributed by atoms with Gasteiger partial charge in [0.2, 0.25) is 0 Å². The van der Waals surface area contributed by atoms with E-state index in [1.165, 1.54) is 0 Å². The molecule has 48 valence electrons. The van der Waals surface area contributed by atoms with Crippen LogP contribution in [-0.2, 0) is 4.84 Å². The van der Waals surface area contributed by atoms with Gasteiger partial charge in [0.15, 0.2) is 0 Å². The van der Waals surface area contributed by atoms with Gasteiger partial charge in [0.25, 0.3) is 0 Å². The van der Waals surface area contributed by atoms with Gasteiger partial charge in [0.1, 0.15) is 0 Å². The Kier molecular flexibility index (Phi) is 5.01. The van der Waals surface area contributed by atoms with Crippen LogP contribution in [0.4, 0.5) is 0 Å². The molecule has 0 heterocycles. The molecular weight excluding hydrogens is 102 g/mol. The smallest absolute Gasteiger partial charge is 0.0722 e. The second-order valence-corrected chi connectivity index (χ2v) is 2.14. The molecule has 0 aliphatic heterocycles. The van der Waals surface area contributed by atoms with E-state index < -0.39 is 0 Å². The SMILES string of the molecule is CCC(C)CCO[N]. The van der Waals surface area contributed by atoms with Crippen molar-refractivity contribution in [2.24, 2.45) is 5.92 Å². The monoisotopic (exact) mass is 115 g/mol. The minimum Gasteiger partial charge on any atom is -0.264 e. The number of hydrogen-bond acceptors (Lipinski definition) is 1. The summed E-state index contributed by atoms with van der Waals surface area (Å²) in [5, 5.41) is 0. The molecule has 0 aromatic heterocycles. The van der Waals surface area contributed by atoms with Crippen LogP contribution in [0.1, 0.15) is 26.7 Å². The first-order valence-electron chi connectivity index (χ1n) is 3.07. The van der Waals surface area contributed by atoms with E-state index >= 15 is 0 Å².